The third-order valence-corrected chi connectivity index (χ3v) is 4.16. The van der Waals surface area contributed by atoms with Crippen LogP contribution in [0.25, 0.3) is 0 Å². The maximum absolute atomic E-state index is 11.1. The van der Waals surface area contributed by atoms with Crippen LogP contribution < -0.4 is 10.6 Å². The van der Waals surface area contributed by atoms with E-state index in [9.17, 15) is 9.59 Å². The van der Waals surface area contributed by atoms with Crippen LogP contribution in [0.4, 0.5) is 9.59 Å². The van der Waals surface area contributed by atoms with Crippen molar-refractivity contribution in [2.75, 3.05) is 13.2 Å². The molecule has 4 N–H and O–H groups in total. The summed E-state index contributed by atoms with van der Waals surface area (Å²) in [6.07, 6.45) is 11.2. The number of amidine groups is 2. The number of hydrogen-bond donors (Lipinski definition) is 4. The van der Waals surface area contributed by atoms with Gasteiger partial charge in [-0.15, -0.1) is 0 Å². The molecule has 0 aliphatic heterocycles. The molecule has 162 valence electrons. The van der Waals surface area contributed by atoms with Gasteiger partial charge in [-0.2, -0.15) is 0 Å². The van der Waals surface area contributed by atoms with Gasteiger partial charge in [-0.1, -0.05) is 51.4 Å². The molecule has 0 saturated heterocycles. The van der Waals surface area contributed by atoms with Crippen molar-refractivity contribution < 1.29 is 19.1 Å². The molecular weight excluding hydrogens is 360 g/mol. The van der Waals surface area contributed by atoms with E-state index < -0.39 is 12.2 Å². The Labute approximate surface area is 169 Å². The number of carbonyl (C=O) groups excluding carboxylic acids is 2. The number of carbonyl (C=O) groups is 2. The number of nitrogens with one attached hydrogen (secondary N) is 4. The SMILES string of the molecule is CCOC(=O)NC(=N)CCCCCCCCCCCCC(=N)NC(=O)OCC. The maximum atomic E-state index is 11.1. The van der Waals surface area contributed by atoms with E-state index in [1.807, 2.05) is 0 Å². The zero-order valence-corrected chi connectivity index (χ0v) is 17.5. The monoisotopic (exact) mass is 398 g/mol. The second kappa shape index (κ2) is 18.3. The van der Waals surface area contributed by atoms with Crippen LogP contribution in [0.15, 0.2) is 0 Å². The summed E-state index contributed by atoms with van der Waals surface area (Å²) in [5, 5.41) is 20.1. The van der Waals surface area contributed by atoms with Crippen molar-refractivity contribution in [3.8, 4) is 0 Å². The van der Waals surface area contributed by atoms with Crippen molar-refractivity contribution in [2.24, 2.45) is 0 Å². The lowest BCUT2D eigenvalue weighted by atomic mass is 10.0. The van der Waals surface area contributed by atoms with Crippen molar-refractivity contribution in [1.82, 2.24) is 10.6 Å². The van der Waals surface area contributed by atoms with Crippen LogP contribution in [-0.2, 0) is 9.47 Å². The quantitative estimate of drug-likeness (QED) is 0.174. The first-order valence-electron chi connectivity index (χ1n) is 10.5. The summed E-state index contributed by atoms with van der Waals surface area (Å²) in [5.41, 5.74) is 0. The summed E-state index contributed by atoms with van der Waals surface area (Å²) in [4.78, 5) is 22.3. The Balaban J connectivity index is 3.33. The molecule has 0 aliphatic rings. The minimum absolute atomic E-state index is 0.226. The van der Waals surface area contributed by atoms with E-state index in [1.165, 1.54) is 25.7 Å². The summed E-state index contributed by atoms with van der Waals surface area (Å²) in [6.45, 7) is 4.10. The number of amides is 2. The highest BCUT2D eigenvalue weighted by Crippen LogP contribution is 2.12. The second-order valence-corrected chi connectivity index (χ2v) is 6.68. The predicted octanol–water partition coefficient (Wildman–Crippen LogP) is 5.11. The summed E-state index contributed by atoms with van der Waals surface area (Å²) >= 11 is 0. The molecule has 28 heavy (non-hydrogen) atoms. The molecule has 0 aliphatic carbocycles. The number of alkyl carbamates (subject to hydrolysis) is 2. The van der Waals surface area contributed by atoms with Crippen LogP contribution in [0.3, 0.4) is 0 Å². The number of ether oxygens (including phenoxy) is 2. The average molecular weight is 399 g/mol. The van der Waals surface area contributed by atoms with Crippen LogP contribution in [0.2, 0.25) is 0 Å². The topological polar surface area (TPSA) is 124 Å². The van der Waals surface area contributed by atoms with Gasteiger partial charge in [-0.3, -0.25) is 21.5 Å². The van der Waals surface area contributed by atoms with E-state index in [1.54, 1.807) is 13.8 Å². The van der Waals surface area contributed by atoms with Crippen LogP contribution in [0, 0.1) is 10.8 Å². The van der Waals surface area contributed by atoms with Gasteiger partial charge in [0.25, 0.3) is 0 Å². The minimum atomic E-state index is -0.542. The van der Waals surface area contributed by atoms with E-state index in [-0.39, 0.29) is 11.7 Å². The molecule has 2 amide bonds. The molecule has 0 bridgehead atoms. The molecule has 8 nitrogen and oxygen atoms in total. The third kappa shape index (κ3) is 17.3. The van der Waals surface area contributed by atoms with Crippen molar-refractivity contribution in [1.29, 1.82) is 10.8 Å². The zero-order chi connectivity index (χ0) is 21.0. The maximum Gasteiger partial charge on any atom is 0.412 e. The summed E-state index contributed by atoms with van der Waals surface area (Å²) in [5.74, 6) is 0.452. The minimum Gasteiger partial charge on any atom is -0.450 e. The van der Waals surface area contributed by atoms with Crippen molar-refractivity contribution in [3.05, 3.63) is 0 Å². The first kappa shape index (κ1) is 25.9. The largest absolute Gasteiger partial charge is 0.450 e. The molecule has 0 rings (SSSR count). The normalized spacial score (nSPS) is 10.2. The first-order valence-corrected chi connectivity index (χ1v) is 10.5. The molecule has 0 aromatic carbocycles. The van der Waals surface area contributed by atoms with E-state index in [0.717, 1.165) is 38.5 Å². The van der Waals surface area contributed by atoms with Gasteiger partial charge in [0.2, 0.25) is 0 Å². The van der Waals surface area contributed by atoms with Crippen LogP contribution in [0.5, 0.6) is 0 Å². The van der Waals surface area contributed by atoms with Crippen LogP contribution in [0.1, 0.15) is 90.9 Å². The van der Waals surface area contributed by atoms with Crippen molar-refractivity contribution >= 4 is 23.9 Å². The highest BCUT2D eigenvalue weighted by atomic mass is 16.6. The Morgan fingerprint density at radius 2 is 0.893 bits per heavy atom. The highest BCUT2D eigenvalue weighted by molar-refractivity contribution is 5.93. The molecule has 8 heteroatoms. The van der Waals surface area contributed by atoms with Crippen LogP contribution >= 0.6 is 0 Å². The Kier molecular flexibility index (Phi) is 16.9. The fourth-order valence-corrected chi connectivity index (χ4v) is 2.72. The molecule has 0 aromatic heterocycles. The van der Waals surface area contributed by atoms with Gasteiger partial charge in [0.1, 0.15) is 11.7 Å². The smallest absolute Gasteiger partial charge is 0.412 e. The molecule has 0 fully saturated rings. The molecule has 0 radical (unpaired) electrons. The summed E-state index contributed by atoms with van der Waals surface area (Å²) in [6, 6.07) is 0. The Morgan fingerprint density at radius 1 is 0.607 bits per heavy atom. The lowest BCUT2D eigenvalue weighted by Crippen LogP contribution is -2.30. The van der Waals surface area contributed by atoms with E-state index in [4.69, 9.17) is 20.3 Å². The Morgan fingerprint density at radius 3 is 1.18 bits per heavy atom. The molecule has 0 unspecified atom stereocenters. The summed E-state index contributed by atoms with van der Waals surface area (Å²) < 4.78 is 9.46. The lowest BCUT2D eigenvalue weighted by Gasteiger charge is -2.07. The number of rotatable bonds is 15. The van der Waals surface area contributed by atoms with Gasteiger partial charge >= 0.3 is 12.2 Å². The van der Waals surface area contributed by atoms with Crippen LogP contribution in [-0.4, -0.2) is 37.1 Å². The van der Waals surface area contributed by atoms with Gasteiger partial charge < -0.3 is 9.47 Å². The van der Waals surface area contributed by atoms with Crippen molar-refractivity contribution in [2.45, 2.75) is 90.9 Å². The fourth-order valence-electron chi connectivity index (χ4n) is 2.72. The zero-order valence-electron chi connectivity index (χ0n) is 17.5. The van der Waals surface area contributed by atoms with E-state index in [2.05, 4.69) is 10.6 Å². The molecular formula is C20H38N4O4. The van der Waals surface area contributed by atoms with Gasteiger partial charge in [0, 0.05) is 12.8 Å². The van der Waals surface area contributed by atoms with E-state index >= 15 is 0 Å². The molecule has 0 spiro atoms. The number of unbranched alkanes of at least 4 members (excludes halogenated alkanes) is 9. The van der Waals surface area contributed by atoms with Crippen molar-refractivity contribution in [3.63, 3.8) is 0 Å². The predicted molar refractivity (Wildman–Crippen MR) is 111 cm³/mol. The van der Waals surface area contributed by atoms with E-state index in [0.29, 0.717) is 26.1 Å². The Bertz CT molecular complexity index is 427. The average Bonchev–Trinajstić information content (AvgIpc) is 2.62. The first-order chi connectivity index (χ1) is 13.5. The molecule has 0 atom stereocenters. The van der Waals surface area contributed by atoms with Gasteiger partial charge in [0.15, 0.2) is 0 Å². The summed E-state index contributed by atoms with van der Waals surface area (Å²) in [7, 11) is 0. The molecule has 0 aromatic rings. The highest BCUT2D eigenvalue weighted by Gasteiger charge is 2.05. The van der Waals surface area contributed by atoms with Gasteiger partial charge in [-0.25, -0.2) is 9.59 Å². The second-order valence-electron chi connectivity index (χ2n) is 6.68. The lowest BCUT2D eigenvalue weighted by molar-refractivity contribution is 0.156. The standard InChI is InChI=1S/C20H38N4O4/c1-3-27-19(25)23-17(21)15-13-11-9-7-5-6-8-10-12-14-16-18(22)24-20(26)28-4-2/h3-16H2,1-2H3,(H2,21,23,25)(H2,22,24,26). The van der Waals surface area contributed by atoms with Gasteiger partial charge in [0.05, 0.1) is 13.2 Å². The third-order valence-electron chi connectivity index (χ3n) is 4.16. The van der Waals surface area contributed by atoms with Gasteiger partial charge in [-0.05, 0) is 26.7 Å². The molecule has 0 heterocycles. The Hall–Kier alpha value is -2.12. The molecule has 0 saturated carbocycles. The fraction of sp³-hybridized carbons (Fsp3) is 0.800. The number of hydrogen-bond acceptors (Lipinski definition) is 6.